The Morgan fingerprint density at radius 1 is 1.27 bits per heavy atom. The van der Waals surface area contributed by atoms with Gasteiger partial charge in [0.2, 0.25) is 0 Å². The van der Waals surface area contributed by atoms with Crippen molar-refractivity contribution in [3.63, 3.8) is 0 Å². The molecule has 0 saturated heterocycles. The molecule has 0 fully saturated rings. The largest absolute Gasteiger partial charge is 0.480 e. The topological polar surface area (TPSA) is 107 Å². The van der Waals surface area contributed by atoms with E-state index in [2.05, 4.69) is 5.32 Å². The summed E-state index contributed by atoms with van der Waals surface area (Å²) in [6, 6.07) is 8.59. The van der Waals surface area contributed by atoms with Crippen LogP contribution in [-0.4, -0.2) is 50.3 Å². The van der Waals surface area contributed by atoms with Gasteiger partial charge in [-0.3, -0.25) is 9.59 Å². The predicted molar refractivity (Wildman–Crippen MR) is 98.3 cm³/mol. The minimum absolute atomic E-state index is 0.00608. The van der Waals surface area contributed by atoms with Crippen molar-refractivity contribution in [2.45, 2.75) is 10.8 Å². The number of thiophene rings is 1. The van der Waals surface area contributed by atoms with Crippen molar-refractivity contribution in [2.24, 2.45) is 0 Å². The number of carbonyl (C=O) groups excluding carboxylic acids is 1. The van der Waals surface area contributed by atoms with Crippen molar-refractivity contribution in [3.8, 4) is 0 Å². The Hall–Kier alpha value is -2.43. The monoisotopic (exact) mass is 395 g/mol. The van der Waals surface area contributed by atoms with Crippen LogP contribution in [0, 0.1) is 0 Å². The highest BCUT2D eigenvalue weighted by Gasteiger charge is 2.38. The maximum atomic E-state index is 12.3. The lowest BCUT2D eigenvalue weighted by molar-refractivity contribution is -0.137. The molecular formula is C16H17N3O5S2. The standard InChI is InChI=1S/C16H17N3O5S2/c1-18(2)12-5-3-10(4-6-12)15(22)17-13-7-11-8-19(9-14(20)21)26(23,24)16(11)25-13/h3-7H,8-9H2,1-2H3,(H,17,22)(H,20,21). The van der Waals surface area contributed by atoms with Gasteiger partial charge in [-0.05, 0) is 30.3 Å². The lowest BCUT2D eigenvalue weighted by atomic mass is 10.2. The quantitative estimate of drug-likeness (QED) is 0.797. The van der Waals surface area contributed by atoms with Crippen LogP contribution < -0.4 is 10.2 Å². The fraction of sp³-hybridized carbons (Fsp3) is 0.250. The first-order chi connectivity index (χ1) is 12.2. The molecule has 1 aromatic carbocycles. The molecule has 1 amide bonds. The van der Waals surface area contributed by atoms with Crippen molar-refractivity contribution >= 4 is 43.9 Å². The van der Waals surface area contributed by atoms with E-state index >= 15 is 0 Å². The van der Waals surface area contributed by atoms with Crippen molar-refractivity contribution in [1.82, 2.24) is 4.31 Å². The molecule has 26 heavy (non-hydrogen) atoms. The molecule has 10 heteroatoms. The normalized spacial score (nSPS) is 15.5. The molecule has 0 spiro atoms. The molecule has 3 rings (SSSR count). The average molecular weight is 395 g/mol. The predicted octanol–water partition coefficient (Wildman–Crippen LogP) is 1.66. The van der Waals surface area contributed by atoms with Crippen LogP contribution in [0.4, 0.5) is 10.7 Å². The highest BCUT2D eigenvalue weighted by atomic mass is 32.2. The number of carboxylic acid groups (broad SMARTS) is 1. The molecule has 0 unspecified atom stereocenters. The second kappa shape index (κ2) is 6.71. The van der Waals surface area contributed by atoms with E-state index in [9.17, 15) is 18.0 Å². The van der Waals surface area contributed by atoms with E-state index in [0.717, 1.165) is 21.3 Å². The van der Waals surface area contributed by atoms with Gasteiger partial charge in [0, 0.05) is 37.5 Å². The number of carbonyl (C=O) groups is 2. The Bertz CT molecular complexity index is 964. The van der Waals surface area contributed by atoms with Crippen LogP contribution in [0.1, 0.15) is 15.9 Å². The first kappa shape index (κ1) is 18.4. The maximum Gasteiger partial charge on any atom is 0.318 e. The molecule has 1 aliphatic rings. The molecule has 0 bridgehead atoms. The summed E-state index contributed by atoms with van der Waals surface area (Å²) in [5.74, 6) is -1.55. The van der Waals surface area contributed by atoms with Gasteiger partial charge >= 0.3 is 5.97 Å². The SMILES string of the molecule is CN(C)c1ccc(C(=O)Nc2cc3c(s2)S(=O)(=O)N(CC(=O)O)C3)cc1. The van der Waals surface area contributed by atoms with Gasteiger partial charge in [0.05, 0.1) is 5.00 Å². The molecule has 2 N–H and O–H groups in total. The Labute approximate surface area is 154 Å². The summed E-state index contributed by atoms with van der Waals surface area (Å²) in [5, 5.41) is 11.9. The van der Waals surface area contributed by atoms with Crippen LogP contribution in [-0.2, 0) is 21.4 Å². The second-order valence-corrected chi connectivity index (χ2v) is 9.17. The molecule has 1 aromatic heterocycles. The molecular weight excluding hydrogens is 378 g/mol. The van der Waals surface area contributed by atoms with Crippen LogP contribution >= 0.6 is 11.3 Å². The first-order valence-corrected chi connectivity index (χ1v) is 9.87. The Kier molecular flexibility index (Phi) is 4.74. The molecule has 0 aliphatic carbocycles. The molecule has 8 nitrogen and oxygen atoms in total. The van der Waals surface area contributed by atoms with E-state index in [0.29, 0.717) is 16.1 Å². The summed E-state index contributed by atoms with van der Waals surface area (Å²) < 4.78 is 25.7. The summed E-state index contributed by atoms with van der Waals surface area (Å²) in [6.45, 7) is -0.586. The molecule has 0 radical (unpaired) electrons. The zero-order chi connectivity index (χ0) is 19.1. The zero-order valence-corrected chi connectivity index (χ0v) is 15.7. The summed E-state index contributed by atoms with van der Waals surface area (Å²) >= 11 is 0.928. The van der Waals surface area contributed by atoms with Crippen molar-refractivity contribution in [1.29, 1.82) is 0 Å². The average Bonchev–Trinajstić information content (AvgIpc) is 3.05. The van der Waals surface area contributed by atoms with Gasteiger partial charge < -0.3 is 15.3 Å². The summed E-state index contributed by atoms with van der Waals surface area (Å²) in [5.41, 5.74) is 1.91. The third-order valence-electron chi connectivity index (χ3n) is 3.89. The van der Waals surface area contributed by atoms with Gasteiger partial charge in [-0.25, -0.2) is 8.42 Å². The van der Waals surface area contributed by atoms with Crippen molar-refractivity contribution < 1.29 is 23.1 Å². The van der Waals surface area contributed by atoms with Crippen LogP contribution in [0.3, 0.4) is 0 Å². The van der Waals surface area contributed by atoms with Gasteiger partial charge in [-0.15, -0.1) is 11.3 Å². The van der Waals surface area contributed by atoms with Crippen LogP contribution in [0.2, 0.25) is 0 Å². The first-order valence-electron chi connectivity index (χ1n) is 7.62. The number of benzene rings is 1. The van der Waals surface area contributed by atoms with Gasteiger partial charge in [0.1, 0.15) is 10.8 Å². The molecule has 138 valence electrons. The van der Waals surface area contributed by atoms with E-state index in [1.165, 1.54) is 0 Å². The van der Waals surface area contributed by atoms with E-state index in [1.54, 1.807) is 18.2 Å². The maximum absolute atomic E-state index is 12.3. The zero-order valence-electron chi connectivity index (χ0n) is 14.1. The molecule has 0 saturated carbocycles. The van der Waals surface area contributed by atoms with Gasteiger partial charge in [-0.2, -0.15) is 4.31 Å². The molecule has 2 aromatic rings. The number of aliphatic carboxylic acids is 1. The lowest BCUT2D eigenvalue weighted by Crippen LogP contribution is -2.30. The lowest BCUT2D eigenvalue weighted by Gasteiger charge is -2.12. The van der Waals surface area contributed by atoms with Crippen molar-refractivity contribution in [3.05, 3.63) is 41.5 Å². The minimum Gasteiger partial charge on any atom is -0.480 e. The van der Waals surface area contributed by atoms with E-state index in [4.69, 9.17) is 5.11 Å². The number of amides is 1. The number of carboxylic acids is 1. The number of hydrogen-bond donors (Lipinski definition) is 2. The van der Waals surface area contributed by atoms with E-state index in [-0.39, 0.29) is 16.7 Å². The molecule has 1 aliphatic heterocycles. The van der Waals surface area contributed by atoms with Crippen molar-refractivity contribution in [2.75, 3.05) is 30.9 Å². The highest BCUT2D eigenvalue weighted by Crippen LogP contribution is 2.39. The number of fused-ring (bicyclic) bond motifs is 1. The number of nitrogens with one attached hydrogen (secondary N) is 1. The Morgan fingerprint density at radius 3 is 2.46 bits per heavy atom. The van der Waals surface area contributed by atoms with E-state index in [1.807, 2.05) is 31.1 Å². The molecule has 0 atom stereocenters. The Morgan fingerprint density at radius 2 is 1.92 bits per heavy atom. The number of sulfonamides is 1. The second-order valence-electron chi connectivity index (χ2n) is 5.99. The third-order valence-corrected chi connectivity index (χ3v) is 7.32. The third kappa shape index (κ3) is 3.43. The number of hydrogen-bond acceptors (Lipinski definition) is 6. The summed E-state index contributed by atoms with van der Waals surface area (Å²) in [4.78, 5) is 25.0. The van der Waals surface area contributed by atoms with Crippen LogP contribution in [0.5, 0.6) is 0 Å². The summed E-state index contributed by atoms with van der Waals surface area (Å²) in [6.07, 6.45) is 0. The van der Waals surface area contributed by atoms with Crippen LogP contribution in [0.15, 0.2) is 34.5 Å². The fourth-order valence-corrected chi connectivity index (χ4v) is 5.67. The molecule has 2 heterocycles. The van der Waals surface area contributed by atoms with Gasteiger partial charge in [-0.1, -0.05) is 0 Å². The summed E-state index contributed by atoms with van der Waals surface area (Å²) in [7, 11) is -0.0237. The number of anilines is 2. The fourth-order valence-electron chi connectivity index (χ4n) is 2.58. The highest BCUT2D eigenvalue weighted by molar-refractivity contribution is 7.91. The van der Waals surface area contributed by atoms with Gasteiger partial charge in [0.25, 0.3) is 15.9 Å². The minimum atomic E-state index is -3.82. The Balaban J connectivity index is 1.76. The number of nitrogens with zero attached hydrogens (tertiary/aromatic N) is 2. The smallest absolute Gasteiger partial charge is 0.318 e. The number of rotatable bonds is 5. The van der Waals surface area contributed by atoms with Crippen LogP contribution in [0.25, 0.3) is 0 Å². The van der Waals surface area contributed by atoms with E-state index < -0.39 is 22.5 Å². The van der Waals surface area contributed by atoms with Gasteiger partial charge in [0.15, 0.2) is 0 Å².